The molecule has 0 saturated carbocycles. The Balaban J connectivity index is 2.02. The summed E-state index contributed by atoms with van der Waals surface area (Å²) in [6, 6.07) is 0. The van der Waals surface area contributed by atoms with Crippen LogP contribution in [0.3, 0.4) is 0 Å². The van der Waals surface area contributed by atoms with E-state index in [1.165, 1.54) is 39.8 Å². The first-order valence-electron chi connectivity index (χ1n) is 21.1. The summed E-state index contributed by atoms with van der Waals surface area (Å²) in [5.74, 6) is -9.51. The minimum Gasteiger partial charge on any atom is -0.458 e. The number of carbonyl (C=O) groups excluding carboxylic acids is 4. The van der Waals surface area contributed by atoms with Crippen molar-refractivity contribution in [2.45, 2.75) is 169 Å². The molecular weight excluding hydrogens is 732 g/mol. The van der Waals surface area contributed by atoms with Crippen LogP contribution in [-0.2, 0) is 33.4 Å². The fourth-order valence-corrected chi connectivity index (χ4v) is 8.95. The van der Waals surface area contributed by atoms with Gasteiger partial charge in [-0.25, -0.2) is 4.79 Å². The lowest BCUT2D eigenvalue weighted by Crippen LogP contribution is -2.67. The molecule has 3 rings (SSSR count). The molecule has 3 aliphatic rings. The van der Waals surface area contributed by atoms with Gasteiger partial charge in [0, 0.05) is 42.1 Å². The van der Waals surface area contributed by atoms with Gasteiger partial charge in [0.25, 0.3) is 0 Å². The molecule has 3 aliphatic heterocycles. The summed E-state index contributed by atoms with van der Waals surface area (Å²) in [6.07, 6.45) is 6.02. The van der Waals surface area contributed by atoms with Gasteiger partial charge in [-0.15, -0.1) is 0 Å². The number of hydrogen-bond donors (Lipinski definition) is 5. The summed E-state index contributed by atoms with van der Waals surface area (Å²) in [6.45, 7) is 18.4. The van der Waals surface area contributed by atoms with Gasteiger partial charge in [0.2, 0.25) is 5.79 Å². The lowest BCUT2D eigenvalue weighted by Gasteiger charge is -2.54. The van der Waals surface area contributed by atoms with Crippen LogP contribution in [0.5, 0.6) is 0 Å². The Morgan fingerprint density at radius 2 is 1.47 bits per heavy atom. The van der Waals surface area contributed by atoms with Crippen LogP contribution in [-0.4, -0.2) is 103 Å². The zero-order chi connectivity index (χ0) is 43.2. The van der Waals surface area contributed by atoms with Gasteiger partial charge in [0.15, 0.2) is 11.6 Å². The highest BCUT2D eigenvalue weighted by atomic mass is 16.7. The monoisotopic (exact) mass is 805 g/mol. The number of fused-ring (bicyclic) bond motifs is 2. The van der Waals surface area contributed by atoms with Crippen LogP contribution in [0.4, 0.5) is 0 Å². The number of esters is 1. The van der Waals surface area contributed by atoms with Gasteiger partial charge in [0.05, 0.1) is 42.5 Å². The second kappa shape index (κ2) is 20.6. The van der Waals surface area contributed by atoms with E-state index in [9.17, 15) is 44.7 Å². The summed E-state index contributed by atoms with van der Waals surface area (Å²) in [4.78, 5) is 54.7. The molecule has 3 heterocycles. The molecule has 57 heavy (non-hydrogen) atoms. The van der Waals surface area contributed by atoms with Gasteiger partial charge >= 0.3 is 5.97 Å². The van der Waals surface area contributed by atoms with E-state index in [1.54, 1.807) is 20.8 Å². The van der Waals surface area contributed by atoms with Crippen LogP contribution in [0, 0.1) is 53.3 Å². The third kappa shape index (κ3) is 11.4. The largest absolute Gasteiger partial charge is 0.458 e. The van der Waals surface area contributed by atoms with Crippen molar-refractivity contribution in [1.29, 1.82) is 0 Å². The summed E-state index contributed by atoms with van der Waals surface area (Å²) >= 11 is 0. The Morgan fingerprint density at radius 3 is 2.09 bits per heavy atom. The molecule has 0 amide bonds. The van der Waals surface area contributed by atoms with Crippen molar-refractivity contribution in [3.05, 3.63) is 36.5 Å². The highest BCUT2D eigenvalue weighted by Gasteiger charge is 2.61. The maximum absolute atomic E-state index is 14.1. The molecule has 0 aromatic carbocycles. The first kappa shape index (κ1) is 48.8. The van der Waals surface area contributed by atoms with Crippen LogP contribution in [0.1, 0.15) is 115 Å². The molecular formula is C45H72O12. The average molecular weight is 805 g/mol. The molecule has 2 saturated heterocycles. The molecule has 0 aromatic rings. The number of aliphatic hydroxyl groups excluding tert-OH is 4. The van der Waals surface area contributed by atoms with Gasteiger partial charge in [0.1, 0.15) is 17.5 Å². The molecule has 5 N–H and O–H groups in total. The minimum absolute atomic E-state index is 0.0811. The van der Waals surface area contributed by atoms with Crippen LogP contribution in [0.15, 0.2) is 36.5 Å². The van der Waals surface area contributed by atoms with E-state index < -0.39 is 107 Å². The Morgan fingerprint density at radius 1 is 0.842 bits per heavy atom. The van der Waals surface area contributed by atoms with Crippen LogP contribution in [0.2, 0.25) is 0 Å². The fourth-order valence-electron chi connectivity index (χ4n) is 8.95. The van der Waals surface area contributed by atoms with E-state index >= 15 is 0 Å². The van der Waals surface area contributed by atoms with Crippen molar-refractivity contribution in [3.8, 4) is 0 Å². The first-order chi connectivity index (χ1) is 26.5. The number of ether oxygens (including phenoxy) is 3. The third-order valence-electron chi connectivity index (χ3n) is 13.1. The number of allylic oxidation sites excluding steroid dienone is 4. The van der Waals surface area contributed by atoms with Crippen molar-refractivity contribution in [3.63, 3.8) is 0 Å². The SMILES string of the molecule is CC[C@@H]1[C@H]2OC(=O)/C=C/[C@H](C)[C@@H](O)[C@H](C)C(=O)[C@H](C)[C@@H](O)[C@@H](C)C(=O)[C@@](C)(O)[C@@H](O)[C@@H](C)C/C=C/C=C/[C@H](C)CC[C@H](O[C@@]13O[C@H](C[C@H](C)O)[C@@H](C)CC3=O)[C@@H]2C. The first-order valence-corrected chi connectivity index (χ1v) is 21.1. The summed E-state index contributed by atoms with van der Waals surface area (Å²) in [5.41, 5.74) is -2.21. The molecule has 0 aliphatic carbocycles. The van der Waals surface area contributed by atoms with Crippen molar-refractivity contribution < 1.29 is 58.9 Å². The van der Waals surface area contributed by atoms with E-state index in [2.05, 4.69) is 6.92 Å². The van der Waals surface area contributed by atoms with Gasteiger partial charge < -0.3 is 39.7 Å². The normalized spacial score (nSPS) is 46.2. The molecule has 2 fully saturated rings. The van der Waals surface area contributed by atoms with Gasteiger partial charge in [-0.05, 0) is 63.7 Å². The van der Waals surface area contributed by atoms with Crippen LogP contribution in [0.25, 0.3) is 0 Å². The van der Waals surface area contributed by atoms with E-state index in [0.29, 0.717) is 32.1 Å². The highest BCUT2D eigenvalue weighted by molar-refractivity contribution is 5.91. The molecule has 18 atom stereocenters. The molecule has 324 valence electrons. The molecule has 1 spiro atoms. The summed E-state index contributed by atoms with van der Waals surface area (Å²) < 4.78 is 19.6. The Bertz CT molecular complexity index is 1470. The molecule has 2 bridgehead atoms. The predicted molar refractivity (Wildman–Crippen MR) is 215 cm³/mol. The standard InChI is InChI=1S/C45H72O12/c1-12-33-41-29(7)34(56-45(33)36(47)22-27(5)35(57-45)23-28(6)46)20-18-24(2)16-14-13-15-17-26(4)42(52)44(11,54)43(53)32(10)40(51)31(9)39(50)30(8)38(49)25(3)19-21-37(48)55-41/h13-16,19,21,24-35,38,40-42,46,49,51-52,54H,12,17-18,20,22-23H2,1-11H3/b15-13+,16-14+,21-19+/t24-,25-,26-,27-,28-,29-,30-,31-,32+,33+,34-,35+,38+,40+,41-,42-,44-,45+/m0/s1. The second-order valence-electron chi connectivity index (χ2n) is 17.9. The molecule has 12 heteroatoms. The van der Waals surface area contributed by atoms with Gasteiger partial charge in [-0.1, -0.05) is 92.7 Å². The van der Waals surface area contributed by atoms with Crippen molar-refractivity contribution in [1.82, 2.24) is 0 Å². The van der Waals surface area contributed by atoms with E-state index in [1.807, 2.05) is 45.1 Å². The number of rotatable bonds is 3. The van der Waals surface area contributed by atoms with Crippen LogP contribution < -0.4 is 0 Å². The van der Waals surface area contributed by atoms with E-state index in [-0.39, 0.29) is 30.0 Å². The summed E-state index contributed by atoms with van der Waals surface area (Å²) in [5, 5.41) is 55.0. The van der Waals surface area contributed by atoms with E-state index in [4.69, 9.17) is 14.2 Å². The molecule has 0 unspecified atom stereocenters. The Labute approximate surface area is 340 Å². The maximum atomic E-state index is 14.1. The average Bonchev–Trinajstić information content (AvgIpc) is 3.16. The predicted octanol–water partition coefficient (Wildman–Crippen LogP) is 5.06. The van der Waals surface area contributed by atoms with E-state index in [0.717, 1.165) is 0 Å². The van der Waals surface area contributed by atoms with Gasteiger partial charge in [-0.2, -0.15) is 0 Å². The number of carbonyl (C=O) groups is 4. The zero-order valence-corrected chi connectivity index (χ0v) is 36.0. The number of aliphatic hydroxyl groups is 5. The lowest BCUT2D eigenvalue weighted by atomic mass is 9.72. The number of hydrogen-bond acceptors (Lipinski definition) is 12. The lowest BCUT2D eigenvalue weighted by molar-refractivity contribution is -0.347. The number of ketones is 3. The van der Waals surface area contributed by atoms with Crippen molar-refractivity contribution in [2.24, 2.45) is 53.3 Å². The second-order valence-corrected chi connectivity index (χ2v) is 17.9. The van der Waals surface area contributed by atoms with Crippen molar-refractivity contribution >= 4 is 23.3 Å². The number of Topliss-reactive ketones (excluding diaryl/α,β-unsaturated/α-hetero) is 3. The van der Waals surface area contributed by atoms with Crippen molar-refractivity contribution in [2.75, 3.05) is 0 Å². The molecule has 12 nitrogen and oxygen atoms in total. The minimum atomic E-state index is -2.21. The molecule has 0 radical (unpaired) electrons. The Hall–Kier alpha value is -2.58. The third-order valence-corrected chi connectivity index (χ3v) is 13.1. The summed E-state index contributed by atoms with van der Waals surface area (Å²) in [7, 11) is 0. The van der Waals surface area contributed by atoms with Gasteiger partial charge in [-0.3, -0.25) is 14.4 Å². The van der Waals surface area contributed by atoms with Crippen LogP contribution >= 0.6 is 0 Å². The smallest absolute Gasteiger partial charge is 0.330 e. The molecule has 0 aromatic heterocycles. The fraction of sp³-hybridized carbons (Fsp3) is 0.778. The zero-order valence-electron chi connectivity index (χ0n) is 36.0. The highest BCUT2D eigenvalue weighted by Crippen LogP contribution is 2.48. The quantitative estimate of drug-likeness (QED) is 0.238. The Kier molecular flexibility index (Phi) is 17.6. The topological polar surface area (TPSA) is 197 Å². The maximum Gasteiger partial charge on any atom is 0.330 e.